The molecule has 1 aromatic carbocycles. The van der Waals surface area contributed by atoms with Crippen molar-refractivity contribution in [3.63, 3.8) is 0 Å². The molecule has 1 aliphatic rings. The van der Waals surface area contributed by atoms with Gasteiger partial charge in [-0.2, -0.15) is 0 Å². The first kappa shape index (κ1) is 12.9. The normalized spacial score (nSPS) is 19.7. The zero-order chi connectivity index (χ0) is 13.0. The van der Waals surface area contributed by atoms with E-state index in [2.05, 4.69) is 16.3 Å². The minimum absolute atomic E-state index is 0.0588. The summed E-state index contributed by atoms with van der Waals surface area (Å²) in [7, 11) is 1.70. The van der Waals surface area contributed by atoms with Crippen LogP contribution < -0.4 is 16.0 Å². The van der Waals surface area contributed by atoms with Gasteiger partial charge in [0.25, 0.3) is 0 Å². The van der Waals surface area contributed by atoms with Crippen LogP contribution >= 0.6 is 0 Å². The molecule has 4 nitrogen and oxygen atoms in total. The molecule has 98 valence electrons. The maximum atomic E-state index is 12.0. The predicted molar refractivity (Wildman–Crippen MR) is 73.4 cm³/mol. The Morgan fingerprint density at radius 1 is 1.44 bits per heavy atom. The first-order valence-corrected chi connectivity index (χ1v) is 6.54. The SMILES string of the molecule is CNC(=O)C1CCCCN1c1ccccc1CN. The van der Waals surface area contributed by atoms with E-state index in [1.807, 2.05) is 18.2 Å². The fourth-order valence-corrected chi connectivity index (χ4v) is 2.62. The highest BCUT2D eigenvalue weighted by molar-refractivity contribution is 5.85. The number of nitrogens with one attached hydrogen (secondary N) is 1. The summed E-state index contributed by atoms with van der Waals surface area (Å²) >= 11 is 0. The summed E-state index contributed by atoms with van der Waals surface area (Å²) in [5.41, 5.74) is 7.99. The first-order chi connectivity index (χ1) is 8.77. The molecule has 0 radical (unpaired) electrons. The highest BCUT2D eigenvalue weighted by Gasteiger charge is 2.28. The monoisotopic (exact) mass is 247 g/mol. The zero-order valence-corrected chi connectivity index (χ0v) is 10.9. The van der Waals surface area contributed by atoms with Crippen LogP contribution in [0.2, 0.25) is 0 Å². The Bertz CT molecular complexity index is 419. The summed E-state index contributed by atoms with van der Waals surface area (Å²) in [6.45, 7) is 1.43. The lowest BCUT2D eigenvalue weighted by atomic mass is 9.99. The number of benzene rings is 1. The predicted octanol–water partition coefficient (Wildman–Crippen LogP) is 1.25. The number of carbonyl (C=O) groups excluding carboxylic acids is 1. The highest BCUT2D eigenvalue weighted by Crippen LogP contribution is 2.27. The summed E-state index contributed by atoms with van der Waals surface area (Å²) < 4.78 is 0. The summed E-state index contributed by atoms with van der Waals surface area (Å²) in [5, 5.41) is 2.76. The Hall–Kier alpha value is -1.55. The largest absolute Gasteiger partial charge is 0.359 e. The molecule has 2 rings (SSSR count). The fraction of sp³-hybridized carbons (Fsp3) is 0.500. The molecule has 1 aromatic rings. The Labute approximate surface area is 108 Å². The van der Waals surface area contributed by atoms with Gasteiger partial charge in [-0.05, 0) is 30.9 Å². The second kappa shape index (κ2) is 5.87. The van der Waals surface area contributed by atoms with E-state index in [1.165, 1.54) is 0 Å². The first-order valence-electron chi connectivity index (χ1n) is 6.54. The van der Waals surface area contributed by atoms with Gasteiger partial charge in [-0.15, -0.1) is 0 Å². The zero-order valence-electron chi connectivity index (χ0n) is 10.9. The summed E-state index contributed by atoms with van der Waals surface area (Å²) in [6.07, 6.45) is 3.16. The number of rotatable bonds is 3. The van der Waals surface area contributed by atoms with E-state index in [1.54, 1.807) is 7.05 Å². The molecular formula is C14H21N3O. The van der Waals surface area contributed by atoms with Gasteiger partial charge >= 0.3 is 0 Å². The maximum absolute atomic E-state index is 12.0. The third kappa shape index (κ3) is 2.48. The third-order valence-corrected chi connectivity index (χ3v) is 3.57. The van der Waals surface area contributed by atoms with E-state index in [0.717, 1.165) is 37.1 Å². The fourth-order valence-electron chi connectivity index (χ4n) is 2.62. The smallest absolute Gasteiger partial charge is 0.242 e. The van der Waals surface area contributed by atoms with Crippen molar-refractivity contribution in [3.05, 3.63) is 29.8 Å². The van der Waals surface area contributed by atoms with Gasteiger partial charge in [-0.1, -0.05) is 18.2 Å². The van der Waals surface area contributed by atoms with E-state index >= 15 is 0 Å². The number of piperidine rings is 1. The quantitative estimate of drug-likeness (QED) is 0.845. The van der Waals surface area contributed by atoms with Gasteiger partial charge in [0, 0.05) is 25.8 Å². The van der Waals surface area contributed by atoms with Crippen molar-refractivity contribution in [2.24, 2.45) is 5.73 Å². The van der Waals surface area contributed by atoms with Crippen LogP contribution in [-0.4, -0.2) is 25.5 Å². The van der Waals surface area contributed by atoms with Gasteiger partial charge in [-0.25, -0.2) is 0 Å². The second-order valence-corrected chi connectivity index (χ2v) is 4.65. The molecule has 1 amide bonds. The molecule has 0 spiro atoms. The average Bonchev–Trinajstić information content (AvgIpc) is 2.46. The van der Waals surface area contributed by atoms with Crippen molar-refractivity contribution in [2.75, 3.05) is 18.5 Å². The van der Waals surface area contributed by atoms with Gasteiger partial charge in [0.05, 0.1) is 0 Å². The number of hydrogen-bond acceptors (Lipinski definition) is 3. The Balaban J connectivity index is 2.30. The molecule has 18 heavy (non-hydrogen) atoms. The van der Waals surface area contributed by atoms with E-state index < -0.39 is 0 Å². The third-order valence-electron chi connectivity index (χ3n) is 3.57. The lowest BCUT2D eigenvalue weighted by Crippen LogP contribution is -2.49. The van der Waals surface area contributed by atoms with Crippen molar-refractivity contribution in [3.8, 4) is 0 Å². The molecule has 1 heterocycles. The summed E-state index contributed by atoms with van der Waals surface area (Å²) in [5.74, 6) is 0.0986. The number of para-hydroxylation sites is 1. The molecule has 1 aliphatic heterocycles. The molecule has 0 aliphatic carbocycles. The van der Waals surface area contributed by atoms with Crippen LogP contribution in [0, 0.1) is 0 Å². The van der Waals surface area contributed by atoms with E-state index in [-0.39, 0.29) is 11.9 Å². The van der Waals surface area contributed by atoms with Gasteiger partial charge in [0.1, 0.15) is 6.04 Å². The maximum Gasteiger partial charge on any atom is 0.242 e. The molecule has 1 atom stereocenters. The van der Waals surface area contributed by atoms with Gasteiger partial charge in [0.15, 0.2) is 0 Å². The molecular weight excluding hydrogens is 226 g/mol. The van der Waals surface area contributed by atoms with Crippen molar-refractivity contribution in [1.82, 2.24) is 5.32 Å². The molecule has 1 unspecified atom stereocenters. The van der Waals surface area contributed by atoms with Gasteiger partial charge < -0.3 is 16.0 Å². The summed E-state index contributed by atoms with van der Waals surface area (Å²) in [6, 6.07) is 8.03. The topological polar surface area (TPSA) is 58.4 Å². The molecule has 0 saturated carbocycles. The molecule has 0 bridgehead atoms. The lowest BCUT2D eigenvalue weighted by Gasteiger charge is -2.37. The van der Waals surface area contributed by atoms with Crippen LogP contribution in [0.5, 0.6) is 0 Å². The lowest BCUT2D eigenvalue weighted by molar-refractivity contribution is -0.122. The minimum atomic E-state index is -0.0588. The van der Waals surface area contributed by atoms with E-state index in [4.69, 9.17) is 5.73 Å². The minimum Gasteiger partial charge on any atom is -0.359 e. The van der Waals surface area contributed by atoms with E-state index in [9.17, 15) is 4.79 Å². The number of nitrogens with two attached hydrogens (primary N) is 1. The van der Waals surface area contributed by atoms with Crippen LogP contribution in [0.15, 0.2) is 24.3 Å². The molecule has 1 saturated heterocycles. The highest BCUT2D eigenvalue weighted by atomic mass is 16.2. The Morgan fingerprint density at radius 2 is 2.22 bits per heavy atom. The number of hydrogen-bond donors (Lipinski definition) is 2. The van der Waals surface area contributed by atoms with Crippen LogP contribution in [0.3, 0.4) is 0 Å². The second-order valence-electron chi connectivity index (χ2n) is 4.65. The van der Waals surface area contributed by atoms with E-state index in [0.29, 0.717) is 6.54 Å². The van der Waals surface area contributed by atoms with Crippen LogP contribution in [0.4, 0.5) is 5.69 Å². The number of amides is 1. The number of likely N-dealkylation sites (N-methyl/N-ethyl adjacent to an activating group) is 1. The van der Waals surface area contributed by atoms with Gasteiger partial charge in [0.2, 0.25) is 5.91 Å². The number of anilines is 1. The van der Waals surface area contributed by atoms with Crippen molar-refractivity contribution < 1.29 is 4.79 Å². The molecule has 1 fully saturated rings. The van der Waals surface area contributed by atoms with Crippen molar-refractivity contribution in [1.29, 1.82) is 0 Å². The number of nitrogens with zero attached hydrogens (tertiary/aromatic N) is 1. The average molecular weight is 247 g/mol. The van der Waals surface area contributed by atoms with Crippen LogP contribution in [0.1, 0.15) is 24.8 Å². The summed E-state index contributed by atoms with van der Waals surface area (Å²) in [4.78, 5) is 14.2. The molecule has 3 N–H and O–H groups in total. The molecule has 0 aromatic heterocycles. The van der Waals surface area contributed by atoms with Gasteiger partial charge in [-0.3, -0.25) is 4.79 Å². The Morgan fingerprint density at radius 3 is 2.94 bits per heavy atom. The van der Waals surface area contributed by atoms with Crippen molar-refractivity contribution >= 4 is 11.6 Å². The van der Waals surface area contributed by atoms with Crippen LogP contribution in [0.25, 0.3) is 0 Å². The van der Waals surface area contributed by atoms with Crippen LogP contribution in [-0.2, 0) is 11.3 Å². The standard InChI is InChI=1S/C14H21N3O/c1-16-14(18)13-8-4-5-9-17(13)12-7-3-2-6-11(12)10-15/h2-3,6-7,13H,4-5,8-10,15H2,1H3,(H,16,18). The van der Waals surface area contributed by atoms with Crippen molar-refractivity contribution in [2.45, 2.75) is 31.8 Å². The Kier molecular flexibility index (Phi) is 4.20. The molecule has 4 heteroatoms. The number of carbonyl (C=O) groups is 1.